The molecular weight excluding hydrogens is 278 g/mol. The highest BCUT2D eigenvalue weighted by Gasteiger charge is 2.06. The number of rotatable bonds is 5. The van der Waals surface area contributed by atoms with E-state index in [9.17, 15) is 9.59 Å². The van der Waals surface area contributed by atoms with Gasteiger partial charge in [-0.05, 0) is 37.3 Å². The lowest BCUT2D eigenvalue weighted by Crippen LogP contribution is -2.20. The van der Waals surface area contributed by atoms with Gasteiger partial charge in [0.15, 0.2) is 12.4 Å². The predicted molar refractivity (Wildman–Crippen MR) is 84.9 cm³/mol. The fraction of sp³-hybridized carbons (Fsp3) is 0.111. The lowest BCUT2D eigenvalue weighted by atomic mass is 10.1. The Labute approximate surface area is 129 Å². The predicted octanol–water partition coefficient (Wildman–Crippen LogP) is 2.89. The van der Waals surface area contributed by atoms with Gasteiger partial charge in [-0.3, -0.25) is 9.59 Å². The average molecular weight is 293 g/mol. The maximum atomic E-state index is 11.8. The molecule has 0 aliphatic rings. The van der Waals surface area contributed by atoms with E-state index < -0.39 is 0 Å². The third-order valence-corrected chi connectivity index (χ3v) is 2.92. The molecule has 22 heavy (non-hydrogen) atoms. The van der Waals surface area contributed by atoms with Crippen molar-refractivity contribution in [1.29, 1.82) is 0 Å². The van der Waals surface area contributed by atoms with E-state index >= 15 is 0 Å². The molecule has 0 aliphatic heterocycles. The number of amides is 1. The number of benzene rings is 2. The van der Waals surface area contributed by atoms with Gasteiger partial charge in [-0.25, -0.2) is 0 Å². The van der Waals surface area contributed by atoms with Gasteiger partial charge in [0.2, 0.25) is 0 Å². The number of ketones is 1. The Morgan fingerprint density at radius 2 is 1.95 bits per heavy atom. The topological polar surface area (TPSA) is 55.4 Å². The summed E-state index contributed by atoms with van der Waals surface area (Å²) in [5.74, 6) is 2.62. The van der Waals surface area contributed by atoms with Gasteiger partial charge in [-0.1, -0.05) is 24.1 Å². The minimum Gasteiger partial charge on any atom is -0.484 e. The van der Waals surface area contributed by atoms with Crippen molar-refractivity contribution < 1.29 is 14.3 Å². The van der Waals surface area contributed by atoms with Crippen molar-refractivity contribution in [3.05, 3.63) is 59.7 Å². The van der Waals surface area contributed by atoms with E-state index in [1.54, 1.807) is 48.5 Å². The Morgan fingerprint density at radius 3 is 2.68 bits per heavy atom. The first-order valence-corrected chi connectivity index (χ1v) is 6.69. The molecule has 0 fully saturated rings. The van der Waals surface area contributed by atoms with Crippen molar-refractivity contribution in [3.8, 4) is 18.1 Å². The number of anilines is 1. The van der Waals surface area contributed by atoms with Crippen LogP contribution in [0.3, 0.4) is 0 Å². The molecule has 0 bridgehead atoms. The maximum absolute atomic E-state index is 11.8. The quantitative estimate of drug-likeness (QED) is 0.681. The Morgan fingerprint density at radius 1 is 1.18 bits per heavy atom. The van der Waals surface area contributed by atoms with Crippen molar-refractivity contribution in [2.45, 2.75) is 6.92 Å². The van der Waals surface area contributed by atoms with Gasteiger partial charge < -0.3 is 10.1 Å². The molecule has 4 nitrogen and oxygen atoms in total. The lowest BCUT2D eigenvalue weighted by molar-refractivity contribution is -0.118. The van der Waals surface area contributed by atoms with Crippen LogP contribution in [0, 0.1) is 12.3 Å². The van der Waals surface area contributed by atoms with E-state index in [1.807, 2.05) is 0 Å². The van der Waals surface area contributed by atoms with Crippen LogP contribution in [0.5, 0.6) is 5.75 Å². The van der Waals surface area contributed by atoms with E-state index in [0.717, 1.165) is 0 Å². The molecule has 0 radical (unpaired) electrons. The van der Waals surface area contributed by atoms with Crippen LogP contribution in [0.2, 0.25) is 0 Å². The molecule has 1 amide bonds. The van der Waals surface area contributed by atoms with Crippen molar-refractivity contribution >= 4 is 17.4 Å². The minimum absolute atomic E-state index is 0.0546. The van der Waals surface area contributed by atoms with Crippen LogP contribution >= 0.6 is 0 Å². The molecule has 0 spiro atoms. The van der Waals surface area contributed by atoms with Gasteiger partial charge in [0, 0.05) is 16.8 Å². The van der Waals surface area contributed by atoms with E-state index in [4.69, 9.17) is 11.2 Å². The number of terminal acetylenes is 1. The molecule has 0 aromatic heterocycles. The smallest absolute Gasteiger partial charge is 0.262 e. The molecule has 0 saturated heterocycles. The van der Waals surface area contributed by atoms with Crippen LogP contribution in [-0.2, 0) is 4.79 Å². The summed E-state index contributed by atoms with van der Waals surface area (Å²) in [6.07, 6.45) is 5.31. The monoisotopic (exact) mass is 293 g/mol. The zero-order chi connectivity index (χ0) is 15.9. The Hall–Kier alpha value is -3.06. The largest absolute Gasteiger partial charge is 0.484 e. The second kappa shape index (κ2) is 7.09. The summed E-state index contributed by atoms with van der Waals surface area (Å²) >= 11 is 0. The number of hydrogen-bond donors (Lipinski definition) is 1. The van der Waals surface area contributed by atoms with Crippen molar-refractivity contribution in [2.75, 3.05) is 11.9 Å². The molecule has 2 aromatic carbocycles. The summed E-state index contributed by atoms with van der Waals surface area (Å²) in [5.41, 5.74) is 1.84. The first kappa shape index (κ1) is 15.3. The number of Topliss-reactive ketones (excluding diaryl/α,β-unsaturated/α-hetero) is 1. The molecule has 2 aromatic rings. The normalized spacial score (nSPS) is 9.64. The van der Waals surface area contributed by atoms with Crippen LogP contribution in [-0.4, -0.2) is 18.3 Å². The molecule has 0 aliphatic carbocycles. The van der Waals surface area contributed by atoms with Crippen molar-refractivity contribution in [3.63, 3.8) is 0 Å². The zero-order valence-electron chi connectivity index (χ0n) is 12.1. The third kappa shape index (κ3) is 4.22. The van der Waals surface area contributed by atoms with Crippen LogP contribution in [0.1, 0.15) is 22.8 Å². The van der Waals surface area contributed by atoms with Gasteiger partial charge in [0.1, 0.15) is 5.75 Å². The molecular formula is C18H15NO3. The summed E-state index contributed by atoms with van der Waals surface area (Å²) in [6.45, 7) is 1.33. The lowest BCUT2D eigenvalue weighted by Gasteiger charge is -2.08. The Balaban J connectivity index is 1.94. The molecule has 0 atom stereocenters. The SMILES string of the molecule is C#Cc1cccc(NC(=O)COc2cccc(C(C)=O)c2)c1. The Kier molecular flexibility index (Phi) is 4.94. The van der Waals surface area contributed by atoms with E-state index in [-0.39, 0.29) is 18.3 Å². The summed E-state index contributed by atoms with van der Waals surface area (Å²) in [5, 5.41) is 2.70. The van der Waals surface area contributed by atoms with Gasteiger partial charge in [-0.15, -0.1) is 6.42 Å². The number of carbonyl (C=O) groups excluding carboxylic acids is 2. The van der Waals surface area contributed by atoms with E-state index in [1.165, 1.54) is 6.92 Å². The van der Waals surface area contributed by atoms with Crippen LogP contribution in [0.4, 0.5) is 5.69 Å². The van der Waals surface area contributed by atoms with Gasteiger partial charge in [-0.2, -0.15) is 0 Å². The molecule has 0 heterocycles. The molecule has 4 heteroatoms. The van der Waals surface area contributed by atoms with Gasteiger partial charge in [0.25, 0.3) is 5.91 Å². The number of carbonyl (C=O) groups is 2. The fourth-order valence-electron chi connectivity index (χ4n) is 1.84. The van der Waals surface area contributed by atoms with Gasteiger partial charge >= 0.3 is 0 Å². The van der Waals surface area contributed by atoms with Gasteiger partial charge in [0.05, 0.1) is 0 Å². The van der Waals surface area contributed by atoms with Crippen LogP contribution in [0.15, 0.2) is 48.5 Å². The van der Waals surface area contributed by atoms with E-state index in [2.05, 4.69) is 11.2 Å². The molecule has 0 unspecified atom stereocenters. The van der Waals surface area contributed by atoms with Crippen LogP contribution in [0.25, 0.3) is 0 Å². The number of ether oxygens (including phenoxy) is 1. The van der Waals surface area contributed by atoms with E-state index in [0.29, 0.717) is 22.6 Å². The Bertz CT molecular complexity index is 744. The molecule has 2 rings (SSSR count). The van der Waals surface area contributed by atoms with Crippen molar-refractivity contribution in [2.24, 2.45) is 0 Å². The maximum Gasteiger partial charge on any atom is 0.262 e. The fourth-order valence-corrected chi connectivity index (χ4v) is 1.84. The standard InChI is InChI=1S/C18H15NO3/c1-3-14-6-4-8-16(10-14)19-18(21)12-22-17-9-5-7-15(11-17)13(2)20/h1,4-11H,12H2,2H3,(H,19,21). The first-order chi connectivity index (χ1) is 10.6. The average Bonchev–Trinajstić information content (AvgIpc) is 2.53. The minimum atomic E-state index is -0.303. The summed E-state index contributed by atoms with van der Waals surface area (Å²) in [7, 11) is 0. The second-order valence-electron chi connectivity index (χ2n) is 4.65. The molecule has 1 N–H and O–H groups in total. The third-order valence-electron chi connectivity index (χ3n) is 2.92. The summed E-state index contributed by atoms with van der Waals surface area (Å²) < 4.78 is 5.38. The highest BCUT2D eigenvalue weighted by Crippen LogP contribution is 2.14. The molecule has 110 valence electrons. The first-order valence-electron chi connectivity index (χ1n) is 6.69. The second-order valence-corrected chi connectivity index (χ2v) is 4.65. The van der Waals surface area contributed by atoms with Crippen LogP contribution < -0.4 is 10.1 Å². The van der Waals surface area contributed by atoms with Crippen molar-refractivity contribution in [1.82, 2.24) is 0 Å². The summed E-state index contributed by atoms with van der Waals surface area (Å²) in [6, 6.07) is 13.7. The molecule has 0 saturated carbocycles. The zero-order valence-corrected chi connectivity index (χ0v) is 12.1. The number of hydrogen-bond acceptors (Lipinski definition) is 3. The highest BCUT2D eigenvalue weighted by atomic mass is 16.5. The summed E-state index contributed by atoms with van der Waals surface area (Å²) in [4.78, 5) is 23.1. The number of nitrogens with one attached hydrogen (secondary N) is 1. The highest BCUT2D eigenvalue weighted by molar-refractivity contribution is 5.94.